The molecule has 0 amide bonds. The van der Waals surface area contributed by atoms with Crippen LogP contribution in [0, 0.1) is 13.8 Å². The van der Waals surface area contributed by atoms with Crippen LogP contribution in [0.15, 0.2) is 18.2 Å². The third-order valence-electron chi connectivity index (χ3n) is 4.69. The van der Waals surface area contributed by atoms with E-state index in [9.17, 15) is 0 Å². The Hall–Kier alpha value is -0.900. The highest BCUT2D eigenvalue weighted by Crippen LogP contribution is 2.26. The summed E-state index contributed by atoms with van der Waals surface area (Å²) in [7, 11) is 4.53. The molecule has 3 heteroatoms. The number of nitrogens with one attached hydrogen (secondary N) is 1. The Morgan fingerprint density at radius 1 is 1.24 bits per heavy atom. The fraction of sp³-hybridized carbons (Fsp3) is 0.667. The van der Waals surface area contributed by atoms with Crippen LogP contribution in [0.4, 0.5) is 0 Å². The first kappa shape index (κ1) is 16.5. The minimum atomic E-state index is 0.403. The molecule has 2 unspecified atom stereocenters. The Balaban J connectivity index is 2.34. The van der Waals surface area contributed by atoms with Crippen LogP contribution in [0.1, 0.15) is 36.1 Å². The van der Waals surface area contributed by atoms with Crippen LogP contribution in [-0.2, 0) is 0 Å². The summed E-state index contributed by atoms with van der Waals surface area (Å²) in [5, 5.41) is 3.75. The molecule has 0 spiro atoms. The highest BCUT2D eigenvalue weighted by Gasteiger charge is 2.29. The van der Waals surface area contributed by atoms with Crippen molar-refractivity contribution < 1.29 is 0 Å². The smallest absolute Gasteiger partial charge is 0.0493 e. The van der Waals surface area contributed by atoms with E-state index in [-0.39, 0.29) is 0 Å². The van der Waals surface area contributed by atoms with Crippen molar-refractivity contribution in [2.24, 2.45) is 0 Å². The lowest BCUT2D eigenvalue weighted by atomic mass is 9.92. The van der Waals surface area contributed by atoms with Gasteiger partial charge in [-0.2, -0.15) is 0 Å². The molecule has 1 aliphatic heterocycles. The second-order valence-electron chi connectivity index (χ2n) is 6.56. The first-order chi connectivity index (χ1) is 10.0. The summed E-state index contributed by atoms with van der Waals surface area (Å²) in [6, 6.07) is 7.76. The van der Waals surface area contributed by atoms with E-state index in [1.165, 1.54) is 36.2 Å². The van der Waals surface area contributed by atoms with Crippen molar-refractivity contribution in [3.05, 3.63) is 34.9 Å². The van der Waals surface area contributed by atoms with Gasteiger partial charge in [0.1, 0.15) is 0 Å². The van der Waals surface area contributed by atoms with Gasteiger partial charge in [0.15, 0.2) is 0 Å². The molecule has 2 rings (SSSR count). The first-order valence-electron chi connectivity index (χ1n) is 8.22. The molecule has 1 aromatic carbocycles. The maximum Gasteiger partial charge on any atom is 0.0493 e. The molecule has 1 fully saturated rings. The summed E-state index contributed by atoms with van der Waals surface area (Å²) in [6.07, 6.45) is 1.26. The Morgan fingerprint density at radius 2 is 2.00 bits per heavy atom. The largest absolute Gasteiger partial charge is 0.309 e. The third kappa shape index (κ3) is 4.06. The average molecular weight is 289 g/mol. The maximum atomic E-state index is 3.75. The Bertz CT molecular complexity index is 458. The lowest BCUT2D eigenvalue weighted by molar-refractivity contribution is 0.179. The number of hydrogen-bond donors (Lipinski definition) is 1. The van der Waals surface area contributed by atoms with Crippen molar-refractivity contribution in [2.75, 3.05) is 40.3 Å². The summed E-state index contributed by atoms with van der Waals surface area (Å²) in [5.41, 5.74) is 4.21. The van der Waals surface area contributed by atoms with E-state index < -0.39 is 0 Å². The number of hydrogen-bond acceptors (Lipinski definition) is 3. The third-order valence-corrected chi connectivity index (χ3v) is 4.69. The molecule has 1 aromatic rings. The van der Waals surface area contributed by atoms with Gasteiger partial charge < -0.3 is 15.1 Å². The van der Waals surface area contributed by atoms with E-state index in [0.29, 0.717) is 12.1 Å². The molecule has 2 atom stereocenters. The number of aryl methyl sites for hydroxylation is 2. The number of nitrogens with zero attached hydrogens (tertiary/aromatic N) is 2. The number of likely N-dealkylation sites (N-methyl/N-ethyl adjacent to an activating group) is 3. The quantitative estimate of drug-likeness (QED) is 0.919. The summed E-state index contributed by atoms with van der Waals surface area (Å²) >= 11 is 0. The Kier molecular flexibility index (Phi) is 5.80. The fourth-order valence-electron chi connectivity index (χ4n) is 3.43. The van der Waals surface area contributed by atoms with Gasteiger partial charge in [-0.25, -0.2) is 0 Å². The molecular weight excluding hydrogens is 258 g/mol. The summed E-state index contributed by atoms with van der Waals surface area (Å²) < 4.78 is 0. The zero-order valence-corrected chi connectivity index (χ0v) is 14.3. The lowest BCUT2D eigenvalue weighted by Crippen LogP contribution is -2.47. The van der Waals surface area contributed by atoms with Crippen LogP contribution >= 0.6 is 0 Å². The predicted octanol–water partition coefficient (Wildman–Crippen LogP) is 2.59. The zero-order chi connectivity index (χ0) is 15.4. The molecule has 0 aliphatic carbocycles. The van der Waals surface area contributed by atoms with Gasteiger partial charge in [0, 0.05) is 18.6 Å². The molecule has 1 N–H and O–H groups in total. The van der Waals surface area contributed by atoms with E-state index in [4.69, 9.17) is 0 Å². The predicted molar refractivity (Wildman–Crippen MR) is 90.9 cm³/mol. The second-order valence-corrected chi connectivity index (χ2v) is 6.56. The van der Waals surface area contributed by atoms with Gasteiger partial charge in [0.2, 0.25) is 0 Å². The highest BCUT2D eigenvalue weighted by atomic mass is 15.2. The normalized spacial score (nSPS) is 23.0. The van der Waals surface area contributed by atoms with Crippen LogP contribution in [0.3, 0.4) is 0 Å². The molecule has 0 aromatic heterocycles. The van der Waals surface area contributed by atoms with Crippen molar-refractivity contribution in [2.45, 2.75) is 39.3 Å². The van der Waals surface area contributed by atoms with Crippen molar-refractivity contribution in [1.29, 1.82) is 0 Å². The molecule has 3 nitrogen and oxygen atoms in total. The monoisotopic (exact) mass is 289 g/mol. The van der Waals surface area contributed by atoms with Crippen molar-refractivity contribution in [3.8, 4) is 0 Å². The SMILES string of the molecule is CCNC(c1cc(C)ccc1C)C1CN(C)CCCN1C. The topological polar surface area (TPSA) is 18.5 Å². The van der Waals surface area contributed by atoms with E-state index in [1.54, 1.807) is 0 Å². The molecule has 1 saturated heterocycles. The standard InChI is InChI=1S/C18H31N3/c1-6-19-18(16-12-14(2)8-9-15(16)3)17-13-20(4)10-7-11-21(17)5/h8-9,12,17-19H,6-7,10-11,13H2,1-5H3. The van der Waals surface area contributed by atoms with Crippen LogP contribution in [-0.4, -0.2) is 56.1 Å². The summed E-state index contributed by atoms with van der Waals surface area (Å²) in [6.45, 7) is 11.1. The van der Waals surface area contributed by atoms with Crippen LogP contribution in [0.25, 0.3) is 0 Å². The molecule has 118 valence electrons. The van der Waals surface area contributed by atoms with Gasteiger partial charge >= 0.3 is 0 Å². The zero-order valence-electron chi connectivity index (χ0n) is 14.3. The van der Waals surface area contributed by atoms with Gasteiger partial charge in [-0.05, 0) is 65.1 Å². The summed E-state index contributed by atoms with van der Waals surface area (Å²) in [5.74, 6) is 0. The molecule has 0 radical (unpaired) electrons. The second kappa shape index (κ2) is 7.39. The molecule has 1 aliphatic rings. The van der Waals surface area contributed by atoms with E-state index in [0.717, 1.165) is 13.1 Å². The molecule has 0 saturated carbocycles. The molecule has 21 heavy (non-hydrogen) atoms. The van der Waals surface area contributed by atoms with E-state index >= 15 is 0 Å². The van der Waals surface area contributed by atoms with Gasteiger partial charge in [0.25, 0.3) is 0 Å². The van der Waals surface area contributed by atoms with Gasteiger partial charge in [-0.3, -0.25) is 0 Å². The molecule has 0 bridgehead atoms. The summed E-state index contributed by atoms with van der Waals surface area (Å²) in [4.78, 5) is 5.02. The van der Waals surface area contributed by atoms with Gasteiger partial charge in [-0.15, -0.1) is 0 Å². The highest BCUT2D eigenvalue weighted by molar-refractivity contribution is 5.34. The number of benzene rings is 1. The van der Waals surface area contributed by atoms with E-state index in [2.05, 4.69) is 68.2 Å². The first-order valence-corrected chi connectivity index (χ1v) is 8.22. The average Bonchev–Trinajstić information content (AvgIpc) is 2.61. The van der Waals surface area contributed by atoms with Crippen molar-refractivity contribution in [1.82, 2.24) is 15.1 Å². The van der Waals surface area contributed by atoms with Crippen LogP contribution in [0.2, 0.25) is 0 Å². The molecule has 1 heterocycles. The fourth-order valence-corrected chi connectivity index (χ4v) is 3.43. The lowest BCUT2D eigenvalue weighted by Gasteiger charge is -2.36. The van der Waals surface area contributed by atoms with Crippen molar-refractivity contribution >= 4 is 0 Å². The van der Waals surface area contributed by atoms with Crippen molar-refractivity contribution in [3.63, 3.8) is 0 Å². The van der Waals surface area contributed by atoms with Gasteiger partial charge in [-0.1, -0.05) is 30.7 Å². The Morgan fingerprint density at radius 3 is 2.71 bits per heavy atom. The minimum absolute atomic E-state index is 0.403. The van der Waals surface area contributed by atoms with Crippen LogP contribution in [0.5, 0.6) is 0 Å². The number of rotatable bonds is 4. The van der Waals surface area contributed by atoms with Gasteiger partial charge in [0.05, 0.1) is 0 Å². The molecular formula is C18H31N3. The van der Waals surface area contributed by atoms with Crippen LogP contribution < -0.4 is 5.32 Å². The maximum absolute atomic E-state index is 3.75. The Labute approximate surface area is 130 Å². The van der Waals surface area contributed by atoms with E-state index in [1.807, 2.05) is 0 Å². The minimum Gasteiger partial charge on any atom is -0.309 e.